The maximum atomic E-state index is 11.0. The molecule has 0 radical (unpaired) electrons. The third kappa shape index (κ3) is 0.988. The first-order valence-corrected chi connectivity index (χ1v) is 3.43. The summed E-state index contributed by atoms with van der Waals surface area (Å²) < 4.78 is 1.59. The average Bonchev–Trinajstić information content (AvgIpc) is 2.30. The number of rotatable bonds is 0. The van der Waals surface area contributed by atoms with Crippen molar-refractivity contribution < 1.29 is 0 Å². The molecule has 0 aliphatic rings. The summed E-state index contributed by atoms with van der Waals surface area (Å²) in [6.45, 7) is 7.61. The Kier molecular flexibility index (Phi) is 1.51. The molecule has 0 atom stereocenters. The van der Waals surface area contributed by atoms with E-state index < -0.39 is 0 Å². The van der Waals surface area contributed by atoms with Crippen molar-refractivity contribution in [2.45, 2.75) is 0 Å². The molecule has 0 spiro atoms. The minimum atomic E-state index is -0.0637. The van der Waals surface area contributed by atoms with Crippen molar-refractivity contribution in [1.82, 2.24) is 9.55 Å². The molecule has 3 nitrogen and oxygen atoms in total. The summed E-state index contributed by atoms with van der Waals surface area (Å²) >= 11 is 0. The van der Waals surface area contributed by atoms with Crippen molar-refractivity contribution in [2.75, 3.05) is 0 Å². The quantitative estimate of drug-likeness (QED) is 0.460. The van der Waals surface area contributed by atoms with Crippen molar-refractivity contribution in [1.29, 1.82) is 0 Å². The molecule has 1 N–H and O–H groups in total. The van der Waals surface area contributed by atoms with E-state index in [1.54, 1.807) is 11.6 Å². The monoisotopic (exact) mass is 140 g/mol. The third-order valence-electron chi connectivity index (χ3n) is 1.81. The Balaban J connectivity index is 3.04. The molecule has 2 heterocycles. The Morgan fingerprint density at radius 3 is 2.82 bits per heavy atom. The van der Waals surface area contributed by atoms with Crippen molar-refractivity contribution in [2.24, 2.45) is 7.05 Å². The molecule has 0 saturated heterocycles. The molecule has 0 aliphatic carbocycles. The molecule has 7 heteroatoms. The summed E-state index contributed by atoms with van der Waals surface area (Å²) in [4.78, 5) is 13.8. The van der Waals surface area contributed by atoms with Crippen LogP contribution in [-0.2, 0) is 7.05 Å². The second-order valence-corrected chi connectivity index (χ2v) is 2.51. The van der Waals surface area contributed by atoms with Crippen LogP contribution in [0.2, 0.25) is 0 Å². The Labute approximate surface area is 65.6 Å². The first-order valence-electron chi connectivity index (χ1n) is 3.43. The number of aromatic amines is 1. The fourth-order valence-electron chi connectivity index (χ4n) is 1.18. The van der Waals surface area contributed by atoms with Crippen LogP contribution in [0.25, 0.3) is 10.8 Å². The van der Waals surface area contributed by atoms with Gasteiger partial charge in [-0.3, -0.25) is 0 Å². The van der Waals surface area contributed by atoms with E-state index in [0.717, 1.165) is 10.8 Å². The van der Waals surface area contributed by atoms with Crippen LogP contribution in [-0.4, -0.2) is 36.5 Å². The number of fused-ring (bicyclic) bond motifs is 1. The normalized spacial score (nSPS) is 9.18. The summed E-state index contributed by atoms with van der Waals surface area (Å²) in [6.07, 6.45) is 0. The standard InChI is InChI=1S/C4H4B4N2O/c1-10-3-2(9-4(10)11)5-7-8-6-3/h1H3,(H,9,11). The molecule has 0 unspecified atom stereocenters. The minimum absolute atomic E-state index is 0.0637. The van der Waals surface area contributed by atoms with Gasteiger partial charge in [-0.15, -0.1) is 0 Å². The molecule has 0 fully saturated rings. The molecule has 2 rings (SSSR count). The van der Waals surface area contributed by atoms with Gasteiger partial charge in [0.05, 0.1) is 0 Å². The van der Waals surface area contributed by atoms with Gasteiger partial charge in [0.25, 0.3) is 0 Å². The van der Waals surface area contributed by atoms with Crippen molar-refractivity contribution in [3.63, 3.8) is 0 Å². The molecular weight excluding hydrogens is 135 g/mol. The zero-order valence-electron chi connectivity index (χ0n) is 6.16. The molecule has 2 aromatic heterocycles. The van der Waals surface area contributed by atoms with Crippen LogP contribution in [0.15, 0.2) is 4.79 Å². The van der Waals surface area contributed by atoms with E-state index in [1.165, 1.54) is 0 Å². The summed E-state index contributed by atoms with van der Waals surface area (Å²) in [7, 11) is 1.75. The van der Waals surface area contributed by atoms with Crippen LogP contribution in [0.4, 0.5) is 0 Å². The Morgan fingerprint density at radius 1 is 1.36 bits per heavy atom. The zero-order chi connectivity index (χ0) is 7.84. The van der Waals surface area contributed by atoms with Gasteiger partial charge in [-0.1, -0.05) is 0 Å². The molecule has 0 amide bonds. The number of H-pyrrole nitrogens is 1. The molecule has 0 aromatic carbocycles. The molecule has 2 aromatic rings. The van der Waals surface area contributed by atoms with Gasteiger partial charge in [-0.05, 0) is 0 Å². The van der Waals surface area contributed by atoms with Gasteiger partial charge in [0, 0.05) is 0 Å². The third-order valence-corrected chi connectivity index (χ3v) is 1.81. The van der Waals surface area contributed by atoms with Gasteiger partial charge in [0.15, 0.2) is 0 Å². The first-order chi connectivity index (χ1) is 5.29. The second-order valence-electron chi connectivity index (χ2n) is 2.51. The van der Waals surface area contributed by atoms with Crippen molar-refractivity contribution in [3.05, 3.63) is 10.5 Å². The van der Waals surface area contributed by atoms with Crippen LogP contribution >= 0.6 is 0 Å². The van der Waals surface area contributed by atoms with Crippen molar-refractivity contribution >= 4 is 37.8 Å². The predicted octanol–water partition coefficient (Wildman–Crippen LogP) is -1.78. The van der Waals surface area contributed by atoms with Gasteiger partial charge in [-0.25, -0.2) is 0 Å². The van der Waals surface area contributed by atoms with Crippen LogP contribution < -0.4 is 5.69 Å². The summed E-state index contributed by atoms with van der Waals surface area (Å²) in [5.74, 6) is 0. The van der Waals surface area contributed by atoms with Gasteiger partial charge >= 0.3 is 64.9 Å². The fourth-order valence-corrected chi connectivity index (χ4v) is 1.18. The Morgan fingerprint density at radius 2 is 2.09 bits per heavy atom. The van der Waals surface area contributed by atoms with Crippen LogP contribution in [0.1, 0.15) is 0 Å². The van der Waals surface area contributed by atoms with E-state index in [-0.39, 0.29) is 5.69 Å². The predicted molar refractivity (Wildman–Crippen MR) is 48.9 cm³/mol. The van der Waals surface area contributed by atoms with Crippen LogP contribution in [0, 0.1) is 0 Å². The van der Waals surface area contributed by atoms with E-state index in [2.05, 4.69) is 4.98 Å². The van der Waals surface area contributed by atoms with E-state index in [9.17, 15) is 4.79 Å². The summed E-state index contributed by atoms with van der Waals surface area (Å²) in [5.41, 5.74) is 1.77. The number of imidazole rings is 1. The van der Waals surface area contributed by atoms with E-state index in [0.29, 0.717) is 0 Å². The molecule has 0 saturated carbocycles. The van der Waals surface area contributed by atoms with E-state index in [1.807, 2.05) is 27.0 Å². The van der Waals surface area contributed by atoms with E-state index in [4.69, 9.17) is 0 Å². The first kappa shape index (κ1) is 6.95. The molecule has 0 aliphatic heterocycles. The van der Waals surface area contributed by atoms with Gasteiger partial charge < -0.3 is 0 Å². The van der Waals surface area contributed by atoms with Crippen molar-refractivity contribution in [3.8, 4) is 0 Å². The number of hydrogen-bond donors (Lipinski definition) is 1. The van der Waals surface area contributed by atoms with Crippen LogP contribution in [0.5, 0.6) is 0 Å². The van der Waals surface area contributed by atoms with Gasteiger partial charge in [0.2, 0.25) is 0 Å². The number of aryl methyl sites for hydroxylation is 1. The fraction of sp³-hybridized carbons (Fsp3) is 0.250. The number of hydrogen-bond acceptors (Lipinski definition) is 1. The number of nitrogens with zero attached hydrogens (tertiary/aromatic N) is 1. The molecule has 0 bridgehead atoms. The topological polar surface area (TPSA) is 37.8 Å². The SMILES string of the molecule is Cn1c(=O)[nH]c2bbbbc21. The zero-order valence-corrected chi connectivity index (χ0v) is 6.16. The maximum absolute atomic E-state index is 11.0. The molecular formula is C4H4B4N2O. The van der Waals surface area contributed by atoms with Crippen LogP contribution in [0.3, 0.4) is 0 Å². The Bertz CT molecular complexity index is 447. The summed E-state index contributed by atoms with van der Waals surface area (Å²) in [6, 6.07) is 0. The molecule has 11 heavy (non-hydrogen) atoms. The molecule has 48 valence electrons. The Hall–Kier alpha value is -0.730. The summed E-state index contributed by atoms with van der Waals surface area (Å²) in [5, 5.41) is 0. The number of aromatic nitrogens is 2. The van der Waals surface area contributed by atoms with Gasteiger partial charge in [-0.2, -0.15) is 0 Å². The van der Waals surface area contributed by atoms with Gasteiger partial charge in [0.1, 0.15) is 0 Å². The second kappa shape index (κ2) is 2.39. The average molecular weight is 139 g/mol. The number of nitrogens with one attached hydrogen (secondary N) is 1. The van der Waals surface area contributed by atoms with E-state index >= 15 is 0 Å².